The van der Waals surface area contributed by atoms with E-state index in [4.69, 9.17) is 47.4 Å². The molecule has 5 aliphatic carbocycles. The molecule has 31 atom stereocenters. The van der Waals surface area contributed by atoms with Gasteiger partial charge in [0, 0.05) is 17.9 Å². The average molecular weight is 1260 g/mol. The topological polar surface area (TPSA) is 444 Å². The van der Waals surface area contributed by atoms with Crippen molar-refractivity contribution in [1.29, 1.82) is 0 Å². The van der Waals surface area contributed by atoms with Gasteiger partial charge in [-0.1, -0.05) is 59.3 Å². The fourth-order valence-corrected chi connectivity index (χ4v) is 17.2. The lowest BCUT2D eigenvalue weighted by Gasteiger charge is -2.72. The van der Waals surface area contributed by atoms with Crippen molar-refractivity contribution in [1.82, 2.24) is 0 Å². The molecular weight excluding hydrogens is 1170 g/mol. The summed E-state index contributed by atoms with van der Waals surface area (Å²) in [5, 5.41) is 155. The number of carbonyl (C=O) groups excluding carboxylic acids is 3. The van der Waals surface area contributed by atoms with Crippen LogP contribution in [-0.2, 0) is 66.5 Å². The van der Waals surface area contributed by atoms with E-state index >= 15 is 0 Å². The van der Waals surface area contributed by atoms with E-state index in [1.807, 2.05) is 13.8 Å². The molecule has 14 N–H and O–H groups in total. The van der Waals surface area contributed by atoms with E-state index in [2.05, 4.69) is 26.8 Å². The molecular formula is C60H92O28. The summed E-state index contributed by atoms with van der Waals surface area (Å²) < 4.78 is 60.1. The highest BCUT2D eigenvalue weighted by atomic mass is 16.8. The zero-order chi connectivity index (χ0) is 64.9. The number of aliphatic hydroxyl groups is 13. The number of rotatable bonds is 16. The van der Waals surface area contributed by atoms with Crippen molar-refractivity contribution in [3.63, 3.8) is 0 Å². The third-order valence-electron chi connectivity index (χ3n) is 22.6. The first-order chi connectivity index (χ1) is 41.2. The molecule has 0 bridgehead atoms. The van der Waals surface area contributed by atoms with E-state index in [9.17, 15) is 90.7 Å². The van der Waals surface area contributed by atoms with Gasteiger partial charge in [-0.05, 0) is 92.8 Å². The number of hydrogen-bond acceptors (Lipinski definition) is 27. The summed E-state index contributed by atoms with van der Waals surface area (Å²) in [5.74, 6) is -4.25. The van der Waals surface area contributed by atoms with Crippen molar-refractivity contribution >= 4 is 24.2 Å². The van der Waals surface area contributed by atoms with Crippen molar-refractivity contribution in [2.45, 2.75) is 248 Å². The van der Waals surface area contributed by atoms with E-state index in [1.165, 1.54) is 6.92 Å². The number of carboxylic acid groups (broad SMARTS) is 1. The van der Waals surface area contributed by atoms with E-state index in [1.54, 1.807) is 26.8 Å². The summed E-state index contributed by atoms with van der Waals surface area (Å²) in [5.41, 5.74) is -4.52. The first-order valence-corrected chi connectivity index (χ1v) is 30.4. The Balaban J connectivity index is 1.05. The van der Waals surface area contributed by atoms with Crippen molar-refractivity contribution in [2.75, 3.05) is 26.4 Å². The van der Waals surface area contributed by atoms with Gasteiger partial charge in [0.2, 0.25) is 0 Å². The maximum atomic E-state index is 14.2. The molecule has 28 heteroatoms. The second-order valence-corrected chi connectivity index (χ2v) is 27.8. The van der Waals surface area contributed by atoms with Crippen LogP contribution in [-0.4, -0.2) is 263 Å². The molecule has 0 aromatic heterocycles. The average Bonchev–Trinajstić information content (AvgIpc) is 0.673. The van der Waals surface area contributed by atoms with Gasteiger partial charge in [0.05, 0.1) is 42.9 Å². The van der Waals surface area contributed by atoms with Gasteiger partial charge in [0.15, 0.2) is 31.3 Å². The van der Waals surface area contributed by atoms with Crippen LogP contribution >= 0.6 is 0 Å². The van der Waals surface area contributed by atoms with Gasteiger partial charge in [-0.25, -0.2) is 9.59 Å². The van der Waals surface area contributed by atoms with Crippen LogP contribution in [0.4, 0.5) is 0 Å². The van der Waals surface area contributed by atoms with Crippen LogP contribution in [0.2, 0.25) is 0 Å². The van der Waals surface area contributed by atoms with Crippen LogP contribution in [0.3, 0.4) is 0 Å². The first kappa shape index (κ1) is 69.1. The lowest BCUT2D eigenvalue weighted by molar-refractivity contribution is -0.400. The third-order valence-corrected chi connectivity index (χ3v) is 22.6. The maximum Gasteiger partial charge on any atom is 0.335 e. The van der Waals surface area contributed by atoms with Crippen molar-refractivity contribution < 1.29 is 138 Å². The molecule has 0 spiro atoms. The Labute approximate surface area is 509 Å². The molecule has 0 aromatic carbocycles. The molecule has 4 saturated carbocycles. The molecule has 4 aliphatic heterocycles. The Morgan fingerprint density at radius 1 is 0.670 bits per heavy atom. The van der Waals surface area contributed by atoms with Crippen LogP contribution in [0.15, 0.2) is 23.3 Å². The Hall–Kier alpha value is -3.28. The van der Waals surface area contributed by atoms with Gasteiger partial charge in [-0.15, -0.1) is 0 Å². The second kappa shape index (κ2) is 25.6. The van der Waals surface area contributed by atoms with Gasteiger partial charge in [-0.3, -0.25) is 4.79 Å². The van der Waals surface area contributed by atoms with Gasteiger partial charge >= 0.3 is 17.9 Å². The SMILES string of the molecule is C/C=C(\C)C(=O)OC1C(O)C2(COC(C)=O)C(O)CC3(C)C(=CCC4C5(C)CCC(OC6OC(C(=O)O)C(O)C(OC7OCC(O)C(O)C7OC7OC(CO)C(O)C(O)C7O)C6OC6OC(CO)C(O)C(O)C6O)C(C)(C=O)C5CCC43C)C2CC1(C)C. The number of aliphatic carboxylic acids is 1. The molecule has 500 valence electrons. The normalized spacial score (nSPS) is 51.1. The quantitative estimate of drug-likeness (QED) is 0.0247. The highest BCUT2D eigenvalue weighted by Gasteiger charge is 2.74. The third kappa shape index (κ3) is 11.3. The zero-order valence-electron chi connectivity index (χ0n) is 51.0. The molecule has 8 fully saturated rings. The minimum Gasteiger partial charge on any atom is -0.479 e. The monoisotopic (exact) mass is 1260 g/mol. The smallest absolute Gasteiger partial charge is 0.335 e. The molecule has 0 aromatic rings. The molecule has 28 nitrogen and oxygen atoms in total. The van der Waals surface area contributed by atoms with Crippen molar-refractivity contribution in [2.24, 2.45) is 50.2 Å². The highest BCUT2D eigenvalue weighted by molar-refractivity contribution is 5.87. The van der Waals surface area contributed by atoms with E-state index in [0.717, 1.165) is 11.9 Å². The molecule has 0 amide bonds. The summed E-state index contributed by atoms with van der Waals surface area (Å²) in [6.07, 6.45) is -35.7. The van der Waals surface area contributed by atoms with E-state index < -0.39 is 223 Å². The minimum absolute atomic E-state index is 0.0926. The molecule has 4 saturated heterocycles. The number of esters is 2. The van der Waals surface area contributed by atoms with Gasteiger partial charge < -0.3 is 124 Å². The lowest BCUT2D eigenvalue weighted by Crippen LogP contribution is -2.72. The minimum atomic E-state index is -2.32. The molecule has 9 rings (SSSR count). The Bertz CT molecular complexity index is 2600. The fraction of sp³-hybridized carbons (Fsp3) is 0.867. The maximum absolute atomic E-state index is 14.2. The molecule has 88 heavy (non-hydrogen) atoms. The van der Waals surface area contributed by atoms with Crippen LogP contribution < -0.4 is 0 Å². The number of carbonyl (C=O) groups is 4. The van der Waals surface area contributed by atoms with Crippen LogP contribution in [0.1, 0.15) is 107 Å². The Morgan fingerprint density at radius 2 is 1.26 bits per heavy atom. The Kier molecular flexibility index (Phi) is 20.1. The van der Waals surface area contributed by atoms with Gasteiger partial charge in [0.1, 0.15) is 111 Å². The van der Waals surface area contributed by atoms with Gasteiger partial charge in [0.25, 0.3) is 0 Å². The molecule has 9 aliphatic rings. The zero-order valence-corrected chi connectivity index (χ0v) is 51.0. The number of aliphatic hydroxyl groups excluding tert-OH is 13. The fourth-order valence-electron chi connectivity index (χ4n) is 17.2. The molecule has 0 radical (unpaired) electrons. The van der Waals surface area contributed by atoms with Crippen LogP contribution in [0.5, 0.6) is 0 Å². The van der Waals surface area contributed by atoms with E-state index in [0.29, 0.717) is 37.7 Å². The van der Waals surface area contributed by atoms with Crippen LogP contribution in [0.25, 0.3) is 0 Å². The van der Waals surface area contributed by atoms with Crippen LogP contribution in [0, 0.1) is 50.2 Å². The number of fused-ring (bicyclic) bond motifs is 7. The number of aldehydes is 1. The Morgan fingerprint density at radius 3 is 1.82 bits per heavy atom. The molecule has 4 heterocycles. The number of ether oxygens (including phenoxy) is 10. The van der Waals surface area contributed by atoms with Crippen molar-refractivity contribution in [3.05, 3.63) is 23.3 Å². The highest BCUT2D eigenvalue weighted by Crippen LogP contribution is 2.76. The van der Waals surface area contributed by atoms with Gasteiger partial charge in [-0.2, -0.15) is 0 Å². The number of carboxylic acids is 1. The summed E-state index contributed by atoms with van der Waals surface area (Å²) >= 11 is 0. The van der Waals surface area contributed by atoms with Crippen molar-refractivity contribution in [3.8, 4) is 0 Å². The summed E-state index contributed by atoms with van der Waals surface area (Å²) in [4.78, 5) is 53.4. The summed E-state index contributed by atoms with van der Waals surface area (Å²) in [7, 11) is 0. The van der Waals surface area contributed by atoms with E-state index in [-0.39, 0.29) is 25.4 Å². The second-order valence-electron chi connectivity index (χ2n) is 27.8. The lowest BCUT2D eigenvalue weighted by atomic mass is 9.33. The number of hydrogen-bond donors (Lipinski definition) is 14. The molecule has 31 unspecified atom stereocenters. The first-order valence-electron chi connectivity index (χ1n) is 30.4. The number of allylic oxidation sites excluding steroid dienone is 3. The standard InChI is InChI=1S/C60H92O28/c1-10-24(2)50(78)88-48-47(75)60(23-80-25(3)64)27(17-55(48,4)5)26-11-12-32-56(6)15-14-34(57(7,22-63)31(56)13-16-58(32,8)59(26,9)18-33(60)66)83-54-46(87-52-41(73)39(71)37(69)30(20-62)82-52)43(42(74)44(85-54)49(76)77)84-53-45(35(67)28(65)21-79-53)86-51-40(72)38(70)36(68)29(19-61)81-51/h10-11,22,27-48,51-54,61-62,65-75H,12-21,23H2,1-9H3,(H,76,77)/b24-10+. The predicted molar refractivity (Wildman–Crippen MR) is 295 cm³/mol. The summed E-state index contributed by atoms with van der Waals surface area (Å²) in [6, 6.07) is 0. The largest absolute Gasteiger partial charge is 0.479 e. The summed E-state index contributed by atoms with van der Waals surface area (Å²) in [6.45, 7) is 13.6. The predicted octanol–water partition coefficient (Wildman–Crippen LogP) is -2.65.